The fourth-order valence-corrected chi connectivity index (χ4v) is 3.64. The molecule has 1 fully saturated rings. The highest BCUT2D eigenvalue weighted by atomic mass is 16.5. The third-order valence-corrected chi connectivity index (χ3v) is 5.38. The van der Waals surface area contributed by atoms with Crippen LogP contribution in [0.1, 0.15) is 22.3 Å². The number of aromatic nitrogens is 5. The molecular formula is C22H20N6O3. The monoisotopic (exact) mass is 416 g/mol. The number of hydrogen-bond acceptors (Lipinski definition) is 7. The number of pyridine rings is 1. The van der Waals surface area contributed by atoms with Gasteiger partial charge in [0, 0.05) is 43.7 Å². The number of rotatable bonds is 5. The van der Waals surface area contributed by atoms with Crippen molar-refractivity contribution in [2.75, 3.05) is 20.2 Å². The summed E-state index contributed by atoms with van der Waals surface area (Å²) in [5.41, 5.74) is 2.90. The molecule has 0 spiro atoms. The summed E-state index contributed by atoms with van der Waals surface area (Å²) in [5.74, 6) is 1.71. The summed E-state index contributed by atoms with van der Waals surface area (Å²) in [6, 6.07) is 13.1. The number of para-hydroxylation sites is 1. The van der Waals surface area contributed by atoms with Crippen molar-refractivity contribution in [3.05, 3.63) is 66.4 Å². The van der Waals surface area contributed by atoms with Gasteiger partial charge in [-0.05, 0) is 30.3 Å². The van der Waals surface area contributed by atoms with E-state index in [1.54, 1.807) is 42.2 Å². The number of carbonyl (C=O) groups is 1. The molecule has 9 nitrogen and oxygen atoms in total. The molecule has 3 aromatic heterocycles. The Labute approximate surface area is 178 Å². The number of nitrogens with zero attached hydrogens (tertiary/aromatic N) is 6. The SMILES string of the molecule is COc1ccccc1-c1cc(C(=O)N2CC(c3nc(-c4ccncc4)no3)C2)n(C)n1. The lowest BCUT2D eigenvalue weighted by molar-refractivity contribution is 0.0558. The first-order valence-electron chi connectivity index (χ1n) is 9.84. The van der Waals surface area contributed by atoms with E-state index >= 15 is 0 Å². The number of benzene rings is 1. The number of methoxy groups -OCH3 is 1. The van der Waals surface area contributed by atoms with Crippen LogP contribution in [-0.2, 0) is 7.05 Å². The average Bonchev–Trinajstić information content (AvgIpc) is 3.40. The number of hydrogen-bond donors (Lipinski definition) is 0. The summed E-state index contributed by atoms with van der Waals surface area (Å²) in [6.45, 7) is 1.04. The minimum Gasteiger partial charge on any atom is -0.496 e. The molecule has 0 radical (unpaired) electrons. The van der Waals surface area contributed by atoms with Crippen LogP contribution in [0.3, 0.4) is 0 Å². The van der Waals surface area contributed by atoms with Crippen molar-refractivity contribution in [1.29, 1.82) is 0 Å². The zero-order valence-electron chi connectivity index (χ0n) is 17.1. The molecule has 1 aromatic carbocycles. The standard InChI is InChI=1S/C22H20N6O3/c1-27-18(11-17(25-27)16-5-3-4-6-19(16)30-2)22(29)28-12-15(13-28)21-24-20(26-31-21)14-7-9-23-10-8-14/h3-11,15H,12-13H2,1-2H3. The van der Waals surface area contributed by atoms with E-state index in [0.717, 1.165) is 11.1 Å². The number of aryl methyl sites for hydroxylation is 1. The van der Waals surface area contributed by atoms with Crippen LogP contribution < -0.4 is 4.74 Å². The zero-order valence-corrected chi connectivity index (χ0v) is 17.1. The summed E-state index contributed by atoms with van der Waals surface area (Å²) in [5, 5.41) is 8.55. The van der Waals surface area contributed by atoms with Gasteiger partial charge in [-0.2, -0.15) is 10.1 Å². The second-order valence-electron chi connectivity index (χ2n) is 7.34. The van der Waals surface area contributed by atoms with Gasteiger partial charge in [0.1, 0.15) is 11.4 Å². The van der Waals surface area contributed by atoms with Gasteiger partial charge in [0.2, 0.25) is 11.7 Å². The molecule has 31 heavy (non-hydrogen) atoms. The van der Waals surface area contributed by atoms with E-state index in [1.165, 1.54) is 0 Å². The van der Waals surface area contributed by atoms with E-state index in [9.17, 15) is 4.79 Å². The van der Waals surface area contributed by atoms with Crippen LogP contribution in [0.4, 0.5) is 0 Å². The minimum atomic E-state index is -0.0822. The van der Waals surface area contributed by atoms with Crippen LogP contribution in [0.5, 0.6) is 5.75 Å². The van der Waals surface area contributed by atoms with Crippen LogP contribution in [0.15, 0.2) is 59.4 Å². The largest absolute Gasteiger partial charge is 0.496 e. The van der Waals surface area contributed by atoms with Crippen LogP contribution >= 0.6 is 0 Å². The molecule has 0 bridgehead atoms. The third kappa shape index (κ3) is 3.43. The van der Waals surface area contributed by atoms with Crippen molar-refractivity contribution < 1.29 is 14.1 Å². The molecule has 1 aliphatic heterocycles. The number of carbonyl (C=O) groups excluding carboxylic acids is 1. The van der Waals surface area contributed by atoms with Gasteiger partial charge < -0.3 is 14.2 Å². The first-order chi connectivity index (χ1) is 15.1. The van der Waals surface area contributed by atoms with Gasteiger partial charge in [-0.1, -0.05) is 17.3 Å². The summed E-state index contributed by atoms with van der Waals surface area (Å²) in [6.07, 6.45) is 3.37. The predicted octanol–water partition coefficient (Wildman–Crippen LogP) is 2.78. The van der Waals surface area contributed by atoms with Crippen LogP contribution in [0.25, 0.3) is 22.6 Å². The first-order valence-corrected chi connectivity index (χ1v) is 9.84. The molecule has 1 aliphatic rings. The fourth-order valence-electron chi connectivity index (χ4n) is 3.64. The van der Waals surface area contributed by atoms with E-state index in [1.807, 2.05) is 36.4 Å². The molecule has 1 saturated heterocycles. The second-order valence-corrected chi connectivity index (χ2v) is 7.34. The normalized spacial score (nSPS) is 13.8. The van der Waals surface area contributed by atoms with Crippen molar-refractivity contribution in [3.63, 3.8) is 0 Å². The quantitative estimate of drug-likeness (QED) is 0.493. The maximum atomic E-state index is 13.0. The molecule has 0 unspecified atom stereocenters. The smallest absolute Gasteiger partial charge is 0.272 e. The Hall–Kier alpha value is -4.01. The van der Waals surface area contributed by atoms with Gasteiger partial charge in [-0.25, -0.2) is 0 Å². The van der Waals surface area contributed by atoms with Gasteiger partial charge >= 0.3 is 0 Å². The van der Waals surface area contributed by atoms with E-state index in [0.29, 0.717) is 41.9 Å². The van der Waals surface area contributed by atoms with E-state index in [4.69, 9.17) is 9.26 Å². The van der Waals surface area contributed by atoms with Crippen molar-refractivity contribution in [2.24, 2.45) is 7.05 Å². The molecule has 9 heteroatoms. The second kappa shape index (κ2) is 7.67. The Balaban J connectivity index is 1.29. The van der Waals surface area contributed by atoms with E-state index < -0.39 is 0 Å². The Morgan fingerprint density at radius 3 is 2.71 bits per heavy atom. The fraction of sp³-hybridized carbons (Fsp3) is 0.227. The molecule has 156 valence electrons. The van der Waals surface area contributed by atoms with Gasteiger partial charge in [-0.3, -0.25) is 14.5 Å². The van der Waals surface area contributed by atoms with Crippen LogP contribution in [-0.4, -0.2) is 55.9 Å². The molecule has 4 aromatic rings. The van der Waals surface area contributed by atoms with Crippen molar-refractivity contribution in [3.8, 4) is 28.4 Å². The lowest BCUT2D eigenvalue weighted by Crippen LogP contribution is -2.49. The predicted molar refractivity (Wildman–Crippen MR) is 111 cm³/mol. The molecule has 0 aliphatic carbocycles. The van der Waals surface area contributed by atoms with Gasteiger partial charge in [-0.15, -0.1) is 0 Å². The lowest BCUT2D eigenvalue weighted by Gasteiger charge is -2.36. The van der Waals surface area contributed by atoms with Gasteiger partial charge in [0.15, 0.2) is 0 Å². The number of ether oxygens (including phenoxy) is 1. The van der Waals surface area contributed by atoms with Gasteiger partial charge in [0.05, 0.1) is 18.7 Å². The van der Waals surface area contributed by atoms with Crippen LogP contribution in [0.2, 0.25) is 0 Å². The highest BCUT2D eigenvalue weighted by Gasteiger charge is 2.37. The number of likely N-dealkylation sites (tertiary alicyclic amines) is 1. The van der Waals surface area contributed by atoms with Gasteiger partial charge in [0.25, 0.3) is 5.91 Å². The summed E-state index contributed by atoms with van der Waals surface area (Å²) in [7, 11) is 3.38. The van der Waals surface area contributed by atoms with E-state index in [-0.39, 0.29) is 11.8 Å². The Kier molecular flexibility index (Phi) is 4.70. The molecular weight excluding hydrogens is 396 g/mol. The molecule has 0 saturated carbocycles. The molecule has 5 rings (SSSR count). The topological polar surface area (TPSA) is 99.2 Å². The zero-order chi connectivity index (χ0) is 21.4. The Morgan fingerprint density at radius 2 is 1.94 bits per heavy atom. The molecule has 0 atom stereocenters. The Bertz CT molecular complexity index is 1230. The minimum absolute atomic E-state index is 0.0222. The van der Waals surface area contributed by atoms with Crippen molar-refractivity contribution >= 4 is 5.91 Å². The summed E-state index contributed by atoms with van der Waals surface area (Å²) < 4.78 is 12.4. The Morgan fingerprint density at radius 1 is 1.16 bits per heavy atom. The van der Waals surface area contributed by atoms with Crippen LogP contribution in [0, 0.1) is 0 Å². The van der Waals surface area contributed by atoms with Crippen molar-refractivity contribution in [1.82, 2.24) is 29.8 Å². The molecule has 4 heterocycles. The van der Waals surface area contributed by atoms with Crippen molar-refractivity contribution in [2.45, 2.75) is 5.92 Å². The summed E-state index contributed by atoms with van der Waals surface area (Å²) in [4.78, 5) is 23.2. The third-order valence-electron chi connectivity index (χ3n) is 5.38. The number of amides is 1. The first kappa shape index (κ1) is 19.0. The highest BCUT2D eigenvalue weighted by molar-refractivity contribution is 5.94. The van der Waals surface area contributed by atoms with E-state index in [2.05, 4.69) is 20.2 Å². The maximum Gasteiger partial charge on any atom is 0.272 e. The molecule has 0 N–H and O–H groups in total. The highest BCUT2D eigenvalue weighted by Crippen LogP contribution is 2.31. The average molecular weight is 416 g/mol. The maximum absolute atomic E-state index is 13.0. The summed E-state index contributed by atoms with van der Waals surface area (Å²) >= 11 is 0. The lowest BCUT2D eigenvalue weighted by atomic mass is 9.99. The molecule has 1 amide bonds.